The van der Waals surface area contributed by atoms with Gasteiger partial charge < -0.3 is 9.30 Å². The third kappa shape index (κ3) is 2.32. The molecule has 0 saturated carbocycles. The molecule has 0 bridgehead atoms. The second kappa shape index (κ2) is 5.46. The summed E-state index contributed by atoms with van der Waals surface area (Å²) in [4.78, 5) is 19.4. The van der Waals surface area contributed by atoms with Gasteiger partial charge in [-0.2, -0.15) is 0 Å². The predicted octanol–water partition coefficient (Wildman–Crippen LogP) is 3.06. The van der Waals surface area contributed by atoms with Crippen molar-refractivity contribution >= 4 is 22.9 Å². The van der Waals surface area contributed by atoms with Crippen LogP contribution in [0.25, 0.3) is 5.65 Å². The van der Waals surface area contributed by atoms with Gasteiger partial charge in [0.25, 0.3) is 5.91 Å². The minimum Gasteiger partial charge on any atom is -0.332 e. The Labute approximate surface area is 121 Å². The highest BCUT2D eigenvalue weighted by atomic mass is 32.1. The van der Waals surface area contributed by atoms with Gasteiger partial charge in [-0.05, 0) is 30.5 Å². The van der Waals surface area contributed by atoms with Gasteiger partial charge in [0.15, 0.2) is 0 Å². The van der Waals surface area contributed by atoms with Crippen molar-refractivity contribution in [3.8, 4) is 0 Å². The van der Waals surface area contributed by atoms with Gasteiger partial charge in [-0.25, -0.2) is 4.98 Å². The zero-order valence-electron chi connectivity index (χ0n) is 11.2. The van der Waals surface area contributed by atoms with Crippen molar-refractivity contribution in [2.45, 2.75) is 13.5 Å². The van der Waals surface area contributed by atoms with Crippen molar-refractivity contribution < 1.29 is 4.79 Å². The number of hydrogen-bond acceptors (Lipinski definition) is 3. The van der Waals surface area contributed by atoms with Crippen LogP contribution in [0.3, 0.4) is 0 Å². The average molecular weight is 285 g/mol. The van der Waals surface area contributed by atoms with Gasteiger partial charge in [0, 0.05) is 12.7 Å². The van der Waals surface area contributed by atoms with E-state index < -0.39 is 0 Å². The average Bonchev–Trinajstić information content (AvgIpc) is 3.14. The summed E-state index contributed by atoms with van der Waals surface area (Å²) in [6.45, 7) is 3.24. The molecule has 3 aromatic rings. The van der Waals surface area contributed by atoms with Gasteiger partial charge in [0.2, 0.25) is 0 Å². The van der Waals surface area contributed by atoms with E-state index in [2.05, 4.69) is 4.98 Å². The molecular weight excluding hydrogens is 270 g/mol. The van der Waals surface area contributed by atoms with Crippen molar-refractivity contribution in [2.24, 2.45) is 0 Å². The highest BCUT2D eigenvalue weighted by Gasteiger charge is 2.16. The van der Waals surface area contributed by atoms with Crippen LogP contribution < -0.4 is 0 Å². The predicted molar refractivity (Wildman–Crippen MR) is 79.9 cm³/mol. The number of hydrogen-bond donors (Lipinski definition) is 0. The smallest absolute Gasteiger partial charge is 0.264 e. The van der Waals surface area contributed by atoms with Crippen LogP contribution in [-0.4, -0.2) is 26.7 Å². The molecule has 0 aliphatic heterocycles. The van der Waals surface area contributed by atoms with E-state index in [1.807, 2.05) is 64.3 Å². The van der Waals surface area contributed by atoms with Crippen LogP contribution in [0.2, 0.25) is 0 Å². The van der Waals surface area contributed by atoms with E-state index in [4.69, 9.17) is 0 Å². The molecule has 0 atom stereocenters. The number of rotatable bonds is 4. The summed E-state index contributed by atoms with van der Waals surface area (Å²) in [5.74, 6) is 0.0772. The summed E-state index contributed by atoms with van der Waals surface area (Å²) in [5.41, 5.74) is 1.93. The maximum Gasteiger partial charge on any atom is 0.264 e. The number of nitrogens with zero attached hydrogens (tertiary/aromatic N) is 3. The quantitative estimate of drug-likeness (QED) is 0.739. The van der Waals surface area contributed by atoms with Gasteiger partial charge in [-0.15, -0.1) is 11.3 Å². The van der Waals surface area contributed by atoms with Gasteiger partial charge in [-0.3, -0.25) is 4.79 Å². The van der Waals surface area contributed by atoms with Crippen LogP contribution in [0, 0.1) is 0 Å². The summed E-state index contributed by atoms with van der Waals surface area (Å²) < 4.78 is 2.02. The Bertz CT molecular complexity index is 718. The molecule has 4 nitrogen and oxygen atoms in total. The molecule has 3 rings (SSSR count). The number of carbonyl (C=O) groups excluding carboxylic acids is 1. The molecule has 0 fully saturated rings. The van der Waals surface area contributed by atoms with Crippen LogP contribution in [0.1, 0.15) is 22.3 Å². The van der Waals surface area contributed by atoms with E-state index in [1.54, 1.807) is 0 Å². The summed E-state index contributed by atoms with van der Waals surface area (Å²) in [7, 11) is 0. The molecule has 1 amide bonds. The Morgan fingerprint density at radius 1 is 1.35 bits per heavy atom. The number of amides is 1. The van der Waals surface area contributed by atoms with Crippen LogP contribution >= 0.6 is 11.3 Å². The SMILES string of the molecule is CCN(Cc1cnc2ccccn12)C(=O)c1cccs1. The Morgan fingerprint density at radius 2 is 2.25 bits per heavy atom. The first-order valence-electron chi connectivity index (χ1n) is 6.53. The maximum absolute atomic E-state index is 12.4. The summed E-state index contributed by atoms with van der Waals surface area (Å²) in [6.07, 6.45) is 3.81. The minimum absolute atomic E-state index is 0.0772. The number of carbonyl (C=O) groups is 1. The Kier molecular flexibility index (Phi) is 3.52. The lowest BCUT2D eigenvalue weighted by atomic mass is 10.3. The fraction of sp³-hybridized carbons (Fsp3) is 0.200. The molecule has 0 radical (unpaired) electrons. The molecule has 102 valence electrons. The third-order valence-electron chi connectivity index (χ3n) is 3.25. The standard InChI is InChI=1S/C15H15N3OS/c1-2-17(15(19)13-6-5-9-20-13)11-12-10-16-14-7-3-4-8-18(12)14/h3-10H,2,11H2,1H3. The second-order valence-electron chi connectivity index (χ2n) is 4.48. The molecule has 5 heteroatoms. The molecule has 0 saturated heterocycles. The fourth-order valence-electron chi connectivity index (χ4n) is 2.18. The lowest BCUT2D eigenvalue weighted by molar-refractivity contribution is 0.0755. The summed E-state index contributed by atoms with van der Waals surface area (Å²) in [5, 5.41) is 1.93. The number of thiophene rings is 1. The molecule has 0 aliphatic rings. The molecule has 0 aliphatic carbocycles. The second-order valence-corrected chi connectivity index (χ2v) is 5.42. The number of aromatic nitrogens is 2. The molecule has 0 spiro atoms. The van der Waals surface area contributed by atoms with Crippen molar-refractivity contribution in [1.29, 1.82) is 0 Å². The topological polar surface area (TPSA) is 37.6 Å². The van der Waals surface area contributed by atoms with Crippen molar-refractivity contribution in [2.75, 3.05) is 6.54 Å². The largest absolute Gasteiger partial charge is 0.332 e. The number of pyridine rings is 1. The van der Waals surface area contributed by atoms with Crippen LogP contribution in [0.5, 0.6) is 0 Å². The molecule has 3 heterocycles. The lowest BCUT2D eigenvalue weighted by Crippen LogP contribution is -2.30. The Morgan fingerprint density at radius 3 is 3.00 bits per heavy atom. The number of fused-ring (bicyclic) bond motifs is 1. The van der Waals surface area contributed by atoms with Gasteiger partial charge in [-0.1, -0.05) is 12.1 Å². The van der Waals surface area contributed by atoms with Crippen LogP contribution in [0.15, 0.2) is 48.1 Å². The monoisotopic (exact) mass is 285 g/mol. The van der Waals surface area contributed by atoms with Crippen molar-refractivity contribution in [3.05, 3.63) is 58.7 Å². The minimum atomic E-state index is 0.0772. The van der Waals surface area contributed by atoms with E-state index in [9.17, 15) is 4.79 Å². The maximum atomic E-state index is 12.4. The fourth-order valence-corrected chi connectivity index (χ4v) is 2.87. The first-order chi connectivity index (χ1) is 9.79. The highest BCUT2D eigenvalue weighted by molar-refractivity contribution is 7.12. The van der Waals surface area contributed by atoms with E-state index in [-0.39, 0.29) is 5.91 Å². The van der Waals surface area contributed by atoms with E-state index in [1.165, 1.54) is 11.3 Å². The summed E-state index contributed by atoms with van der Waals surface area (Å²) >= 11 is 1.48. The van der Waals surface area contributed by atoms with Crippen LogP contribution in [0.4, 0.5) is 0 Å². The number of imidazole rings is 1. The van der Waals surface area contributed by atoms with E-state index >= 15 is 0 Å². The normalized spacial score (nSPS) is 10.8. The molecule has 0 N–H and O–H groups in total. The zero-order valence-corrected chi connectivity index (χ0v) is 12.0. The molecular formula is C15H15N3OS. The molecule has 3 aromatic heterocycles. The van der Waals surface area contributed by atoms with E-state index in [0.717, 1.165) is 16.2 Å². The van der Waals surface area contributed by atoms with Gasteiger partial charge in [0.05, 0.1) is 23.3 Å². The van der Waals surface area contributed by atoms with Crippen molar-refractivity contribution in [3.63, 3.8) is 0 Å². The Balaban J connectivity index is 1.86. The Hall–Kier alpha value is -2.14. The zero-order chi connectivity index (χ0) is 13.9. The van der Waals surface area contributed by atoms with Crippen LogP contribution in [-0.2, 0) is 6.54 Å². The third-order valence-corrected chi connectivity index (χ3v) is 4.11. The molecule has 20 heavy (non-hydrogen) atoms. The first kappa shape index (κ1) is 12.9. The molecule has 0 unspecified atom stereocenters. The molecule has 0 aromatic carbocycles. The van der Waals surface area contributed by atoms with Crippen molar-refractivity contribution in [1.82, 2.24) is 14.3 Å². The summed E-state index contributed by atoms with van der Waals surface area (Å²) in [6, 6.07) is 9.65. The van der Waals surface area contributed by atoms with Gasteiger partial charge in [0.1, 0.15) is 5.65 Å². The lowest BCUT2D eigenvalue weighted by Gasteiger charge is -2.19. The first-order valence-corrected chi connectivity index (χ1v) is 7.41. The van der Waals surface area contributed by atoms with E-state index in [0.29, 0.717) is 13.1 Å². The van der Waals surface area contributed by atoms with Gasteiger partial charge >= 0.3 is 0 Å². The highest BCUT2D eigenvalue weighted by Crippen LogP contribution is 2.15.